The molecule has 0 saturated heterocycles. The summed E-state index contributed by atoms with van der Waals surface area (Å²) in [6, 6.07) is 8.87. The summed E-state index contributed by atoms with van der Waals surface area (Å²) in [6.07, 6.45) is 12.8. The zero-order chi connectivity index (χ0) is 16.8. The van der Waals surface area contributed by atoms with Crippen LogP contribution in [0, 0.1) is 0 Å². The molecule has 0 aliphatic heterocycles. The van der Waals surface area contributed by atoms with Crippen LogP contribution in [-0.4, -0.2) is 11.2 Å². The van der Waals surface area contributed by atoms with Crippen molar-refractivity contribution in [1.82, 2.24) is 0 Å². The van der Waals surface area contributed by atoms with Gasteiger partial charge in [-0.2, -0.15) is 12.6 Å². The standard InChI is InChI=1S/C20H34OS2/c1-2-3-4-5-6-7-8-10-18-12-14-19(15-13-18)17-21-20(23)11-9-16-22/h12-15,20,22-23H,2-11,16-17H2,1H3. The van der Waals surface area contributed by atoms with E-state index < -0.39 is 0 Å². The summed E-state index contributed by atoms with van der Waals surface area (Å²) in [5.41, 5.74) is 2.70. The van der Waals surface area contributed by atoms with Crippen LogP contribution >= 0.6 is 25.3 Å². The fourth-order valence-corrected chi connectivity index (χ4v) is 3.07. The summed E-state index contributed by atoms with van der Waals surface area (Å²) in [7, 11) is 0. The van der Waals surface area contributed by atoms with E-state index in [2.05, 4.69) is 56.4 Å². The maximum absolute atomic E-state index is 5.75. The maximum atomic E-state index is 5.75. The molecule has 3 heteroatoms. The van der Waals surface area contributed by atoms with Crippen LogP contribution in [0.1, 0.15) is 75.8 Å². The molecule has 1 nitrogen and oxygen atoms in total. The molecule has 0 aromatic heterocycles. The highest BCUT2D eigenvalue weighted by Crippen LogP contribution is 2.14. The van der Waals surface area contributed by atoms with Gasteiger partial charge in [0.15, 0.2) is 0 Å². The van der Waals surface area contributed by atoms with Gasteiger partial charge in [-0.05, 0) is 42.6 Å². The molecule has 0 radical (unpaired) electrons. The maximum Gasteiger partial charge on any atom is 0.100 e. The number of unbranched alkanes of at least 4 members (excludes halogenated alkanes) is 6. The first-order valence-corrected chi connectivity index (χ1v) is 10.4. The van der Waals surface area contributed by atoms with Crippen molar-refractivity contribution in [1.29, 1.82) is 0 Å². The lowest BCUT2D eigenvalue weighted by molar-refractivity contribution is 0.0948. The van der Waals surface area contributed by atoms with Gasteiger partial charge < -0.3 is 4.74 Å². The number of hydrogen-bond donors (Lipinski definition) is 2. The third kappa shape index (κ3) is 11.1. The largest absolute Gasteiger partial charge is 0.363 e. The van der Waals surface area contributed by atoms with Crippen LogP contribution in [0.2, 0.25) is 0 Å². The minimum absolute atomic E-state index is 0.0227. The highest BCUT2D eigenvalue weighted by Gasteiger charge is 2.03. The molecule has 0 bridgehead atoms. The van der Waals surface area contributed by atoms with E-state index in [0.717, 1.165) is 18.6 Å². The first-order valence-electron chi connectivity index (χ1n) is 9.24. The zero-order valence-electron chi connectivity index (χ0n) is 14.7. The fraction of sp³-hybridized carbons (Fsp3) is 0.700. The Labute approximate surface area is 154 Å². The Balaban J connectivity index is 2.13. The van der Waals surface area contributed by atoms with E-state index in [-0.39, 0.29) is 5.44 Å². The summed E-state index contributed by atoms with van der Waals surface area (Å²) in [4.78, 5) is 0. The van der Waals surface area contributed by atoms with E-state index in [9.17, 15) is 0 Å². The Morgan fingerprint density at radius 3 is 2.13 bits per heavy atom. The van der Waals surface area contributed by atoms with Crippen LogP contribution in [0.3, 0.4) is 0 Å². The second-order valence-electron chi connectivity index (χ2n) is 6.32. The van der Waals surface area contributed by atoms with Gasteiger partial charge in [0.05, 0.1) is 6.61 Å². The van der Waals surface area contributed by atoms with Gasteiger partial charge in [0.1, 0.15) is 5.44 Å². The minimum Gasteiger partial charge on any atom is -0.363 e. The van der Waals surface area contributed by atoms with Gasteiger partial charge in [0.2, 0.25) is 0 Å². The smallest absolute Gasteiger partial charge is 0.100 e. The topological polar surface area (TPSA) is 9.23 Å². The van der Waals surface area contributed by atoms with Gasteiger partial charge in [-0.15, -0.1) is 12.6 Å². The first-order chi connectivity index (χ1) is 11.3. The van der Waals surface area contributed by atoms with Gasteiger partial charge in [0, 0.05) is 0 Å². The second kappa shape index (κ2) is 14.2. The Bertz CT molecular complexity index is 378. The molecule has 1 rings (SSSR count). The summed E-state index contributed by atoms with van der Waals surface area (Å²) < 4.78 is 5.75. The van der Waals surface area contributed by atoms with Crippen molar-refractivity contribution >= 4 is 25.3 Å². The SMILES string of the molecule is CCCCCCCCCc1ccc(COC(S)CCCS)cc1. The van der Waals surface area contributed by atoms with Crippen LogP contribution in [0.15, 0.2) is 24.3 Å². The molecule has 1 aromatic rings. The van der Waals surface area contributed by atoms with Crippen LogP contribution in [0.4, 0.5) is 0 Å². The lowest BCUT2D eigenvalue weighted by Crippen LogP contribution is -2.05. The summed E-state index contributed by atoms with van der Waals surface area (Å²) in [5.74, 6) is 0.897. The third-order valence-corrected chi connectivity index (χ3v) is 4.87. The quantitative estimate of drug-likeness (QED) is 0.221. The van der Waals surface area contributed by atoms with Gasteiger partial charge in [0.25, 0.3) is 0 Å². The van der Waals surface area contributed by atoms with E-state index in [0.29, 0.717) is 6.61 Å². The third-order valence-electron chi connectivity index (χ3n) is 4.14. The van der Waals surface area contributed by atoms with Crippen LogP contribution in [0.25, 0.3) is 0 Å². The van der Waals surface area contributed by atoms with Crippen molar-refractivity contribution in [3.8, 4) is 0 Å². The number of aryl methyl sites for hydroxylation is 1. The van der Waals surface area contributed by atoms with E-state index >= 15 is 0 Å². The average Bonchev–Trinajstić information content (AvgIpc) is 2.58. The van der Waals surface area contributed by atoms with Gasteiger partial charge in [-0.1, -0.05) is 69.7 Å². The van der Waals surface area contributed by atoms with Crippen LogP contribution in [0.5, 0.6) is 0 Å². The molecule has 1 atom stereocenters. The molecule has 0 aliphatic carbocycles. The molecule has 1 aromatic carbocycles. The Morgan fingerprint density at radius 2 is 1.48 bits per heavy atom. The number of ether oxygens (including phenoxy) is 1. The molecule has 0 N–H and O–H groups in total. The minimum atomic E-state index is 0.0227. The lowest BCUT2D eigenvalue weighted by atomic mass is 10.0. The molecule has 132 valence electrons. The van der Waals surface area contributed by atoms with Crippen molar-refractivity contribution in [2.24, 2.45) is 0 Å². The molecule has 0 heterocycles. The first kappa shape index (κ1) is 20.9. The Kier molecular flexibility index (Phi) is 13.0. The molecule has 0 spiro atoms. The molecule has 0 aliphatic rings. The van der Waals surface area contributed by atoms with Crippen LogP contribution in [-0.2, 0) is 17.8 Å². The van der Waals surface area contributed by atoms with Gasteiger partial charge in [-0.25, -0.2) is 0 Å². The normalized spacial score (nSPS) is 12.5. The molecule has 1 unspecified atom stereocenters. The summed E-state index contributed by atoms with van der Waals surface area (Å²) in [6.45, 7) is 2.92. The highest BCUT2D eigenvalue weighted by molar-refractivity contribution is 7.80. The van der Waals surface area contributed by atoms with Crippen molar-refractivity contribution in [2.45, 2.75) is 83.2 Å². The number of rotatable bonds is 14. The van der Waals surface area contributed by atoms with Crippen molar-refractivity contribution < 1.29 is 4.74 Å². The fourth-order valence-electron chi connectivity index (χ4n) is 2.63. The Morgan fingerprint density at radius 1 is 0.870 bits per heavy atom. The number of hydrogen-bond acceptors (Lipinski definition) is 3. The number of thiol groups is 2. The van der Waals surface area contributed by atoms with E-state index in [4.69, 9.17) is 4.74 Å². The van der Waals surface area contributed by atoms with Crippen molar-refractivity contribution in [3.05, 3.63) is 35.4 Å². The second-order valence-corrected chi connectivity index (χ2v) is 7.34. The summed E-state index contributed by atoms with van der Waals surface area (Å²) >= 11 is 8.66. The molecule has 0 saturated carbocycles. The zero-order valence-corrected chi connectivity index (χ0v) is 16.5. The van der Waals surface area contributed by atoms with Crippen LogP contribution < -0.4 is 0 Å². The predicted octanol–water partition coefficient (Wildman–Crippen LogP) is 6.46. The average molecular weight is 355 g/mol. The predicted molar refractivity (Wildman–Crippen MR) is 109 cm³/mol. The van der Waals surface area contributed by atoms with Crippen molar-refractivity contribution in [2.75, 3.05) is 5.75 Å². The summed E-state index contributed by atoms with van der Waals surface area (Å²) in [5, 5.41) is 0. The molecule has 0 amide bonds. The van der Waals surface area contributed by atoms with Gasteiger partial charge >= 0.3 is 0 Å². The lowest BCUT2D eigenvalue weighted by Gasteiger charge is -2.12. The van der Waals surface area contributed by atoms with Crippen molar-refractivity contribution in [3.63, 3.8) is 0 Å². The molecule has 0 fully saturated rings. The molecular weight excluding hydrogens is 320 g/mol. The highest BCUT2D eigenvalue weighted by atomic mass is 32.1. The Hall–Kier alpha value is -0.120. The van der Waals surface area contributed by atoms with E-state index in [1.165, 1.54) is 62.5 Å². The molecular formula is C20H34OS2. The van der Waals surface area contributed by atoms with Gasteiger partial charge in [-0.3, -0.25) is 0 Å². The number of benzene rings is 1. The molecule has 23 heavy (non-hydrogen) atoms. The van der Waals surface area contributed by atoms with E-state index in [1.54, 1.807) is 0 Å². The monoisotopic (exact) mass is 354 g/mol. The van der Waals surface area contributed by atoms with E-state index in [1.807, 2.05) is 0 Å².